The molecule has 0 nitrogen and oxygen atoms in total. The summed E-state index contributed by atoms with van der Waals surface area (Å²) in [4.78, 5) is 0. The first-order valence-corrected chi connectivity index (χ1v) is 4.17. The summed E-state index contributed by atoms with van der Waals surface area (Å²) in [6.07, 6.45) is 6.18. The first-order chi connectivity index (χ1) is 3.77. The molecule has 0 radical (unpaired) electrons. The van der Waals surface area contributed by atoms with Gasteiger partial charge in [-0.25, -0.2) is 0 Å². The van der Waals surface area contributed by atoms with Crippen molar-refractivity contribution < 1.29 is 0 Å². The van der Waals surface area contributed by atoms with E-state index in [9.17, 15) is 0 Å². The Morgan fingerprint density at radius 3 is 2.62 bits per heavy atom. The molecule has 0 fully saturated rings. The third-order valence-electron chi connectivity index (χ3n) is 0.983. The van der Waals surface area contributed by atoms with Crippen LogP contribution in [0, 0.1) is 0 Å². The largest absolute Gasteiger partial charge is 0.0755 e. The highest BCUT2D eigenvalue weighted by Crippen LogP contribution is 2.06. The van der Waals surface area contributed by atoms with Crippen LogP contribution in [0.3, 0.4) is 0 Å². The summed E-state index contributed by atoms with van der Waals surface area (Å²) in [5.41, 5.74) is 0. The van der Waals surface area contributed by atoms with E-state index in [-0.39, 0.29) is 0 Å². The van der Waals surface area contributed by atoms with E-state index < -0.39 is 0 Å². The van der Waals surface area contributed by atoms with Crippen LogP contribution in [0.4, 0.5) is 0 Å². The highest BCUT2D eigenvalue weighted by atomic mass is 127. The Bertz CT molecular complexity index is 70.5. The van der Waals surface area contributed by atoms with Gasteiger partial charge in [-0.05, 0) is 39.5 Å². The van der Waals surface area contributed by atoms with Crippen LogP contribution >= 0.6 is 22.6 Å². The summed E-state index contributed by atoms with van der Waals surface area (Å²) in [6.45, 7) is 4.35. The van der Waals surface area contributed by atoms with E-state index in [0.29, 0.717) is 0 Å². The molecule has 0 aliphatic rings. The van der Waals surface area contributed by atoms with Crippen LogP contribution in [0.1, 0.15) is 33.1 Å². The molecule has 0 saturated carbocycles. The van der Waals surface area contributed by atoms with Gasteiger partial charge in [-0.3, -0.25) is 0 Å². The van der Waals surface area contributed by atoms with E-state index in [1.807, 2.05) is 0 Å². The topological polar surface area (TPSA) is 0 Å². The molecule has 0 N–H and O–H groups in total. The number of allylic oxidation sites excluding steroid dienone is 2. The Kier molecular flexibility index (Phi) is 5.93. The van der Waals surface area contributed by atoms with Gasteiger partial charge in [0.2, 0.25) is 0 Å². The summed E-state index contributed by atoms with van der Waals surface area (Å²) < 4.78 is 1.41. The molecular weight excluding hydrogens is 211 g/mol. The zero-order chi connectivity index (χ0) is 6.41. The van der Waals surface area contributed by atoms with Crippen LogP contribution in [-0.4, -0.2) is 0 Å². The van der Waals surface area contributed by atoms with Gasteiger partial charge in [0.05, 0.1) is 0 Å². The van der Waals surface area contributed by atoms with Crippen molar-refractivity contribution in [3.63, 3.8) is 0 Å². The maximum Gasteiger partial charge on any atom is -0.0165 e. The van der Waals surface area contributed by atoms with Crippen LogP contribution in [0.15, 0.2) is 9.66 Å². The van der Waals surface area contributed by atoms with Crippen molar-refractivity contribution in [1.29, 1.82) is 0 Å². The highest BCUT2D eigenvalue weighted by Gasteiger charge is 1.79. The maximum atomic E-state index is 2.34. The van der Waals surface area contributed by atoms with Crippen molar-refractivity contribution in [2.24, 2.45) is 0 Å². The fraction of sp³-hybridized carbons (Fsp3) is 0.714. The molecule has 1 heteroatoms. The lowest BCUT2D eigenvalue weighted by molar-refractivity contribution is 0.814. The van der Waals surface area contributed by atoms with Crippen LogP contribution in [0.5, 0.6) is 0 Å². The van der Waals surface area contributed by atoms with E-state index in [2.05, 4.69) is 42.5 Å². The number of hydrogen-bond donors (Lipinski definition) is 0. The van der Waals surface area contributed by atoms with E-state index >= 15 is 0 Å². The highest BCUT2D eigenvalue weighted by molar-refractivity contribution is 14.1. The Labute approximate surface area is 65.5 Å². The SMILES string of the molecule is CCCC/C=C(/C)I. The second-order valence-electron chi connectivity index (χ2n) is 1.93. The molecule has 0 rings (SSSR count). The second kappa shape index (κ2) is 5.60. The van der Waals surface area contributed by atoms with Gasteiger partial charge in [0.1, 0.15) is 0 Å². The molecule has 0 heterocycles. The van der Waals surface area contributed by atoms with E-state index in [4.69, 9.17) is 0 Å². The smallest absolute Gasteiger partial charge is 0.0165 e. The van der Waals surface area contributed by atoms with Crippen molar-refractivity contribution in [3.05, 3.63) is 9.66 Å². The molecule has 0 saturated heterocycles. The van der Waals surface area contributed by atoms with Gasteiger partial charge in [-0.1, -0.05) is 25.8 Å². The second-order valence-corrected chi connectivity index (χ2v) is 3.63. The quantitative estimate of drug-likeness (QED) is 0.508. The van der Waals surface area contributed by atoms with E-state index in [1.165, 1.54) is 22.8 Å². The lowest BCUT2D eigenvalue weighted by atomic mass is 10.2. The maximum absolute atomic E-state index is 2.34. The van der Waals surface area contributed by atoms with Gasteiger partial charge >= 0.3 is 0 Å². The molecule has 48 valence electrons. The van der Waals surface area contributed by atoms with Crippen LogP contribution in [-0.2, 0) is 0 Å². The number of rotatable bonds is 3. The zero-order valence-corrected chi connectivity index (χ0v) is 7.73. The molecule has 0 amide bonds. The molecule has 0 bridgehead atoms. The normalized spacial score (nSPS) is 12.1. The fourth-order valence-corrected chi connectivity index (χ4v) is 0.816. The molecule has 0 aromatic carbocycles. The third-order valence-corrected chi connectivity index (χ3v) is 1.42. The lowest BCUT2D eigenvalue weighted by Crippen LogP contribution is -1.66. The minimum absolute atomic E-state index is 1.26. The van der Waals surface area contributed by atoms with Crippen molar-refractivity contribution in [2.45, 2.75) is 33.1 Å². The minimum Gasteiger partial charge on any atom is -0.0755 e. The molecule has 0 aliphatic heterocycles. The Balaban J connectivity index is 3.03. The number of unbranched alkanes of at least 4 members (excludes halogenated alkanes) is 2. The van der Waals surface area contributed by atoms with Crippen molar-refractivity contribution >= 4 is 22.6 Å². The van der Waals surface area contributed by atoms with Crippen molar-refractivity contribution in [2.75, 3.05) is 0 Å². The average Bonchev–Trinajstić information content (AvgIpc) is 1.66. The van der Waals surface area contributed by atoms with Gasteiger partial charge in [-0.15, -0.1) is 0 Å². The van der Waals surface area contributed by atoms with Crippen LogP contribution in [0.25, 0.3) is 0 Å². The molecule has 0 spiro atoms. The molecule has 0 atom stereocenters. The number of hydrogen-bond acceptors (Lipinski definition) is 0. The predicted molar refractivity (Wildman–Crippen MR) is 47.3 cm³/mol. The molecule has 8 heavy (non-hydrogen) atoms. The number of halogens is 1. The van der Waals surface area contributed by atoms with Gasteiger partial charge in [-0.2, -0.15) is 0 Å². The summed E-state index contributed by atoms with van der Waals surface area (Å²) in [6, 6.07) is 0. The summed E-state index contributed by atoms with van der Waals surface area (Å²) in [5.74, 6) is 0. The van der Waals surface area contributed by atoms with Gasteiger partial charge in [0, 0.05) is 0 Å². The van der Waals surface area contributed by atoms with Gasteiger partial charge in [0.15, 0.2) is 0 Å². The monoisotopic (exact) mass is 224 g/mol. The van der Waals surface area contributed by atoms with E-state index in [1.54, 1.807) is 0 Å². The average molecular weight is 224 g/mol. The van der Waals surface area contributed by atoms with Crippen LogP contribution < -0.4 is 0 Å². The van der Waals surface area contributed by atoms with Gasteiger partial charge in [0.25, 0.3) is 0 Å². The first kappa shape index (κ1) is 8.47. The summed E-state index contributed by atoms with van der Waals surface area (Å²) >= 11 is 2.34. The summed E-state index contributed by atoms with van der Waals surface area (Å²) in [5, 5.41) is 0. The van der Waals surface area contributed by atoms with Crippen molar-refractivity contribution in [3.8, 4) is 0 Å². The molecule has 0 aromatic rings. The minimum atomic E-state index is 1.26. The Morgan fingerprint density at radius 2 is 2.25 bits per heavy atom. The fourth-order valence-electron chi connectivity index (χ4n) is 0.505. The molecular formula is C7H13I. The molecule has 0 aromatic heterocycles. The van der Waals surface area contributed by atoms with Crippen molar-refractivity contribution in [1.82, 2.24) is 0 Å². The zero-order valence-electron chi connectivity index (χ0n) is 5.58. The predicted octanol–water partition coefficient (Wildman–Crippen LogP) is 3.52. The summed E-state index contributed by atoms with van der Waals surface area (Å²) in [7, 11) is 0. The van der Waals surface area contributed by atoms with Crippen LogP contribution in [0.2, 0.25) is 0 Å². The Morgan fingerprint density at radius 1 is 1.62 bits per heavy atom. The standard InChI is InChI=1S/C7H13I/c1-3-4-5-6-7(2)8/h6H,3-5H2,1-2H3/b7-6-. The molecule has 0 unspecified atom stereocenters. The first-order valence-electron chi connectivity index (χ1n) is 3.09. The Hall–Kier alpha value is 0.470. The van der Waals surface area contributed by atoms with Gasteiger partial charge < -0.3 is 0 Å². The lowest BCUT2D eigenvalue weighted by Gasteiger charge is -1.87. The van der Waals surface area contributed by atoms with E-state index in [0.717, 1.165) is 0 Å². The molecule has 0 aliphatic carbocycles. The third kappa shape index (κ3) is 6.47.